The lowest BCUT2D eigenvalue weighted by Gasteiger charge is -2.12. The molecule has 0 spiro atoms. The summed E-state index contributed by atoms with van der Waals surface area (Å²) in [5.41, 5.74) is 3.45. The first-order valence-electron chi connectivity index (χ1n) is 11.4. The molecule has 0 radical (unpaired) electrons. The maximum atomic E-state index is 13.1. The average molecular weight is 532 g/mol. The number of carbonyl (C=O) groups is 3. The number of ether oxygens (including phenoxy) is 1. The fourth-order valence-corrected chi connectivity index (χ4v) is 5.06. The van der Waals surface area contributed by atoms with Gasteiger partial charge in [0.25, 0.3) is 11.1 Å². The van der Waals surface area contributed by atoms with Crippen LogP contribution in [0.25, 0.3) is 17.0 Å². The molecule has 1 N–H and O–H groups in total. The van der Waals surface area contributed by atoms with Crippen molar-refractivity contribution in [3.63, 3.8) is 0 Å². The number of carbonyl (C=O) groups excluding carboxylic acids is 3. The van der Waals surface area contributed by atoms with Crippen molar-refractivity contribution >= 4 is 63.1 Å². The number of amides is 3. The van der Waals surface area contributed by atoms with Crippen LogP contribution in [0, 0.1) is 0 Å². The van der Waals surface area contributed by atoms with Crippen LogP contribution in [-0.4, -0.2) is 40.2 Å². The van der Waals surface area contributed by atoms with Crippen LogP contribution in [-0.2, 0) is 16.1 Å². The number of hydrogen-bond acceptors (Lipinski definition) is 5. The van der Waals surface area contributed by atoms with Crippen molar-refractivity contribution in [2.75, 3.05) is 19.0 Å². The van der Waals surface area contributed by atoms with Gasteiger partial charge in [0.05, 0.1) is 12.0 Å². The van der Waals surface area contributed by atoms with Gasteiger partial charge in [0.1, 0.15) is 12.3 Å². The van der Waals surface area contributed by atoms with Crippen LogP contribution in [0.3, 0.4) is 0 Å². The Morgan fingerprint density at radius 3 is 2.49 bits per heavy atom. The summed E-state index contributed by atoms with van der Waals surface area (Å²) in [5.74, 6) is -0.300. The van der Waals surface area contributed by atoms with Gasteiger partial charge in [0, 0.05) is 39.9 Å². The maximum Gasteiger partial charge on any atom is 0.294 e. The topological polar surface area (TPSA) is 80.6 Å². The van der Waals surface area contributed by atoms with Crippen LogP contribution >= 0.6 is 23.4 Å². The highest BCUT2D eigenvalue weighted by Gasteiger charge is 2.36. The Balaban J connectivity index is 1.34. The molecule has 1 aliphatic heterocycles. The average Bonchev–Trinajstić information content (AvgIpc) is 3.37. The molecule has 0 aliphatic carbocycles. The van der Waals surface area contributed by atoms with Crippen LogP contribution in [0.15, 0.2) is 83.9 Å². The lowest BCUT2D eigenvalue weighted by Crippen LogP contribution is -2.36. The molecule has 0 atom stereocenters. The van der Waals surface area contributed by atoms with Gasteiger partial charge in [-0.1, -0.05) is 41.9 Å². The Bertz CT molecular complexity index is 1530. The molecule has 186 valence electrons. The van der Waals surface area contributed by atoms with Crippen LogP contribution in [0.4, 0.5) is 10.5 Å². The number of rotatable bonds is 7. The van der Waals surface area contributed by atoms with E-state index >= 15 is 0 Å². The zero-order chi connectivity index (χ0) is 25.9. The van der Waals surface area contributed by atoms with Crippen LogP contribution in [0.2, 0.25) is 5.02 Å². The molecular formula is C28H22ClN3O4S. The number of para-hydroxylation sites is 1. The first kappa shape index (κ1) is 24.7. The third kappa shape index (κ3) is 5.40. The van der Waals surface area contributed by atoms with Gasteiger partial charge in [-0.25, -0.2) is 0 Å². The second-order valence-electron chi connectivity index (χ2n) is 8.40. The number of benzene rings is 3. The largest absolute Gasteiger partial charge is 0.497 e. The van der Waals surface area contributed by atoms with E-state index in [1.807, 2.05) is 54.7 Å². The highest BCUT2D eigenvalue weighted by Crippen LogP contribution is 2.34. The molecule has 1 aromatic heterocycles. The summed E-state index contributed by atoms with van der Waals surface area (Å²) in [7, 11) is 1.55. The Morgan fingerprint density at radius 2 is 1.76 bits per heavy atom. The van der Waals surface area contributed by atoms with Gasteiger partial charge in [-0.15, -0.1) is 0 Å². The quantitative estimate of drug-likeness (QED) is 0.295. The molecular weight excluding hydrogens is 510 g/mol. The van der Waals surface area contributed by atoms with E-state index in [1.165, 1.54) is 0 Å². The first-order chi connectivity index (χ1) is 17.9. The van der Waals surface area contributed by atoms with E-state index < -0.39 is 17.1 Å². The molecule has 7 nitrogen and oxygen atoms in total. The number of hydrogen-bond donors (Lipinski definition) is 1. The highest BCUT2D eigenvalue weighted by molar-refractivity contribution is 8.18. The van der Waals surface area contributed by atoms with E-state index in [4.69, 9.17) is 16.3 Å². The van der Waals surface area contributed by atoms with Gasteiger partial charge in [-0.3, -0.25) is 19.3 Å². The number of thioether (sulfide) groups is 1. The lowest BCUT2D eigenvalue weighted by molar-refractivity contribution is -0.127. The third-order valence-electron chi connectivity index (χ3n) is 5.92. The van der Waals surface area contributed by atoms with Crippen molar-refractivity contribution in [1.82, 2.24) is 9.47 Å². The molecule has 5 rings (SSSR count). The summed E-state index contributed by atoms with van der Waals surface area (Å²) < 4.78 is 7.20. The highest BCUT2D eigenvalue weighted by atomic mass is 35.5. The number of methoxy groups -OCH3 is 1. The predicted molar refractivity (Wildman–Crippen MR) is 147 cm³/mol. The van der Waals surface area contributed by atoms with E-state index in [1.54, 1.807) is 37.5 Å². The number of aromatic nitrogens is 1. The number of nitrogens with zero attached hydrogens (tertiary/aromatic N) is 2. The summed E-state index contributed by atoms with van der Waals surface area (Å²) >= 11 is 6.85. The van der Waals surface area contributed by atoms with Crippen molar-refractivity contribution in [1.29, 1.82) is 0 Å². The molecule has 0 saturated carbocycles. The second kappa shape index (κ2) is 10.5. The first-order valence-corrected chi connectivity index (χ1v) is 12.6. The monoisotopic (exact) mass is 531 g/mol. The Morgan fingerprint density at radius 1 is 1.03 bits per heavy atom. The van der Waals surface area contributed by atoms with E-state index in [9.17, 15) is 14.4 Å². The lowest BCUT2D eigenvalue weighted by atomic mass is 10.1. The molecule has 9 heteroatoms. The minimum Gasteiger partial charge on any atom is -0.497 e. The van der Waals surface area contributed by atoms with E-state index in [0.29, 0.717) is 23.0 Å². The van der Waals surface area contributed by atoms with Crippen LogP contribution in [0.1, 0.15) is 11.1 Å². The summed E-state index contributed by atoms with van der Waals surface area (Å²) in [6, 6.07) is 22.3. The standard InChI is InChI=1S/C28H22ClN3O4S/c1-36-22-12-10-21(11-13-22)30-26(33)17-32-27(34)25(37-28(32)35)14-19-16-31(24-5-3-2-4-23(19)24)15-18-6-8-20(29)9-7-18/h2-14,16H,15,17H2,1H3,(H,30,33)/b25-14-. The van der Waals surface area contributed by atoms with Crippen LogP contribution in [0.5, 0.6) is 5.75 Å². The van der Waals surface area contributed by atoms with Crippen molar-refractivity contribution < 1.29 is 19.1 Å². The molecule has 0 bridgehead atoms. The molecule has 3 amide bonds. The normalized spacial score (nSPS) is 14.5. The van der Waals surface area contributed by atoms with Gasteiger partial charge in [-0.2, -0.15) is 0 Å². The minimum atomic E-state index is -0.491. The van der Waals surface area contributed by atoms with E-state index in [2.05, 4.69) is 9.88 Å². The Labute approximate surface area is 222 Å². The van der Waals surface area contributed by atoms with Gasteiger partial charge < -0.3 is 14.6 Å². The molecule has 2 heterocycles. The molecule has 1 fully saturated rings. The zero-order valence-electron chi connectivity index (χ0n) is 19.8. The number of anilines is 1. The van der Waals surface area contributed by atoms with Crippen molar-refractivity contribution in [3.8, 4) is 5.75 Å². The van der Waals surface area contributed by atoms with Gasteiger partial charge >= 0.3 is 0 Å². The second-order valence-corrected chi connectivity index (χ2v) is 9.83. The maximum absolute atomic E-state index is 13.1. The smallest absolute Gasteiger partial charge is 0.294 e. The molecule has 4 aromatic rings. The third-order valence-corrected chi connectivity index (χ3v) is 7.08. The van der Waals surface area contributed by atoms with Gasteiger partial charge in [0.2, 0.25) is 5.91 Å². The number of nitrogens with one attached hydrogen (secondary N) is 1. The SMILES string of the molecule is COc1ccc(NC(=O)CN2C(=O)S/C(=C\c3cn(Cc4ccc(Cl)cc4)c4ccccc34)C2=O)cc1. The number of fused-ring (bicyclic) bond motifs is 1. The summed E-state index contributed by atoms with van der Waals surface area (Å²) in [6.45, 7) is 0.255. The summed E-state index contributed by atoms with van der Waals surface area (Å²) in [6.07, 6.45) is 3.68. The number of halogens is 1. The fourth-order valence-electron chi connectivity index (χ4n) is 4.10. The van der Waals surface area contributed by atoms with E-state index in [-0.39, 0.29) is 11.4 Å². The number of imide groups is 1. The van der Waals surface area contributed by atoms with E-state index in [0.717, 1.165) is 38.7 Å². The van der Waals surface area contributed by atoms with Gasteiger partial charge in [0.15, 0.2) is 0 Å². The zero-order valence-corrected chi connectivity index (χ0v) is 21.4. The van der Waals surface area contributed by atoms with Crippen molar-refractivity contribution in [2.24, 2.45) is 0 Å². The predicted octanol–water partition coefficient (Wildman–Crippen LogP) is 6.03. The molecule has 1 saturated heterocycles. The molecule has 1 aliphatic rings. The molecule has 3 aromatic carbocycles. The van der Waals surface area contributed by atoms with Crippen LogP contribution < -0.4 is 10.1 Å². The van der Waals surface area contributed by atoms with Crippen molar-refractivity contribution in [2.45, 2.75) is 6.54 Å². The Kier molecular flexibility index (Phi) is 7.03. The Hall–Kier alpha value is -4.01. The van der Waals surface area contributed by atoms with Gasteiger partial charge in [-0.05, 0) is 65.9 Å². The summed E-state index contributed by atoms with van der Waals surface area (Å²) in [5, 5.41) is 3.85. The summed E-state index contributed by atoms with van der Waals surface area (Å²) in [4.78, 5) is 39.4. The molecule has 0 unspecified atom stereocenters. The molecule has 37 heavy (non-hydrogen) atoms. The minimum absolute atomic E-state index is 0.275. The van der Waals surface area contributed by atoms with Crippen molar-refractivity contribution in [3.05, 3.63) is 100 Å². The fraction of sp³-hybridized carbons (Fsp3) is 0.107.